The first-order chi connectivity index (χ1) is 26.7. The van der Waals surface area contributed by atoms with Gasteiger partial charge < -0.3 is 4.42 Å². The summed E-state index contributed by atoms with van der Waals surface area (Å²) in [6.07, 6.45) is 0. The third kappa shape index (κ3) is 5.11. The Morgan fingerprint density at radius 1 is 0.407 bits per heavy atom. The van der Waals surface area contributed by atoms with Crippen LogP contribution in [0.2, 0.25) is 0 Å². The summed E-state index contributed by atoms with van der Waals surface area (Å²) in [6.45, 7) is 0. The maximum atomic E-state index is 6.56. The molecule has 0 aliphatic heterocycles. The first kappa shape index (κ1) is 30.7. The molecule has 0 unspecified atom stereocenters. The Morgan fingerprint density at radius 2 is 1.00 bits per heavy atom. The summed E-state index contributed by atoms with van der Waals surface area (Å²) in [6, 6.07) is 64.4. The van der Waals surface area contributed by atoms with E-state index >= 15 is 0 Å². The minimum Gasteiger partial charge on any atom is -0.456 e. The van der Waals surface area contributed by atoms with Crippen molar-refractivity contribution in [1.29, 1.82) is 0 Å². The molecule has 0 atom stereocenters. The lowest BCUT2D eigenvalue weighted by molar-refractivity contribution is 0.669. The molecule has 4 heteroatoms. The minimum atomic E-state index is 0.689. The lowest BCUT2D eigenvalue weighted by atomic mass is 9.98. The van der Waals surface area contributed by atoms with Gasteiger partial charge in [-0.15, -0.1) is 11.3 Å². The topological polar surface area (TPSA) is 38.9 Å². The molecule has 0 fully saturated rings. The van der Waals surface area contributed by atoms with Crippen molar-refractivity contribution in [1.82, 2.24) is 9.97 Å². The Morgan fingerprint density at radius 3 is 1.78 bits per heavy atom. The number of thiophene rings is 1. The van der Waals surface area contributed by atoms with E-state index in [1.807, 2.05) is 18.2 Å². The molecule has 0 N–H and O–H groups in total. The highest BCUT2D eigenvalue weighted by atomic mass is 32.1. The van der Waals surface area contributed by atoms with Crippen molar-refractivity contribution in [2.24, 2.45) is 0 Å². The maximum absolute atomic E-state index is 6.56. The quantitative estimate of drug-likeness (QED) is 0.179. The van der Waals surface area contributed by atoms with Crippen molar-refractivity contribution in [3.05, 3.63) is 182 Å². The van der Waals surface area contributed by atoms with Crippen LogP contribution in [-0.4, -0.2) is 9.97 Å². The third-order valence-corrected chi connectivity index (χ3v) is 11.7. The van der Waals surface area contributed by atoms with Gasteiger partial charge in [0.1, 0.15) is 11.2 Å². The number of fused-ring (bicyclic) bond motifs is 7. The zero-order chi connectivity index (χ0) is 35.6. The number of hydrogen-bond donors (Lipinski definition) is 0. The molecule has 11 aromatic rings. The van der Waals surface area contributed by atoms with Crippen LogP contribution in [0.3, 0.4) is 0 Å². The van der Waals surface area contributed by atoms with Crippen LogP contribution < -0.4 is 0 Å². The third-order valence-electron chi connectivity index (χ3n) is 10.5. The predicted octanol–water partition coefficient (Wildman–Crippen LogP) is 14.2. The fourth-order valence-corrected chi connectivity index (χ4v) is 8.94. The molecule has 252 valence electrons. The van der Waals surface area contributed by atoms with Crippen molar-refractivity contribution >= 4 is 64.4 Å². The van der Waals surface area contributed by atoms with Crippen molar-refractivity contribution in [2.75, 3.05) is 0 Å². The second kappa shape index (κ2) is 12.4. The number of aromatic nitrogens is 2. The summed E-state index contributed by atoms with van der Waals surface area (Å²) in [5.74, 6) is 0.689. The van der Waals surface area contributed by atoms with E-state index in [4.69, 9.17) is 14.4 Å². The smallest absolute Gasteiger partial charge is 0.161 e. The van der Waals surface area contributed by atoms with E-state index in [-0.39, 0.29) is 0 Å². The number of benzene rings is 8. The second-order valence-electron chi connectivity index (χ2n) is 13.7. The molecule has 3 nitrogen and oxygen atoms in total. The van der Waals surface area contributed by atoms with Crippen molar-refractivity contribution in [2.45, 2.75) is 0 Å². The van der Waals surface area contributed by atoms with Gasteiger partial charge in [0.25, 0.3) is 0 Å². The average Bonchev–Trinajstić information content (AvgIpc) is 3.82. The standard InChI is InChI=1S/C50H30N2OS/c1-3-10-31(11-4-1)33-18-20-34(21-19-33)38-26-27-40-44(30-38)53-43-16-9-15-42(46(40)43)50-51-47(49-48(52-50)41-14-7-8-17-45(41)54-49)39-25-24-36-28-35(22-23-37(36)29-39)32-12-5-2-6-13-32/h1-30H. The van der Waals surface area contributed by atoms with E-state index in [2.05, 4.69) is 164 Å². The van der Waals surface area contributed by atoms with Gasteiger partial charge in [0.05, 0.1) is 15.9 Å². The van der Waals surface area contributed by atoms with Gasteiger partial charge in [0.15, 0.2) is 5.82 Å². The summed E-state index contributed by atoms with van der Waals surface area (Å²) in [5.41, 5.74) is 12.7. The Kier molecular flexibility index (Phi) is 7.04. The van der Waals surface area contributed by atoms with E-state index in [0.29, 0.717) is 5.82 Å². The molecule has 8 aromatic carbocycles. The van der Waals surface area contributed by atoms with Gasteiger partial charge in [-0.2, -0.15) is 0 Å². The number of hydrogen-bond acceptors (Lipinski definition) is 4. The molecule has 0 saturated carbocycles. The van der Waals surface area contributed by atoms with Crippen molar-refractivity contribution in [3.8, 4) is 56.0 Å². The largest absolute Gasteiger partial charge is 0.456 e. The summed E-state index contributed by atoms with van der Waals surface area (Å²) < 4.78 is 8.85. The molecule has 3 heterocycles. The Labute approximate surface area is 315 Å². The lowest BCUT2D eigenvalue weighted by Crippen LogP contribution is -1.94. The Bertz CT molecular complexity index is 3200. The van der Waals surface area contributed by atoms with E-state index in [9.17, 15) is 0 Å². The predicted molar refractivity (Wildman–Crippen MR) is 227 cm³/mol. The van der Waals surface area contributed by atoms with Gasteiger partial charge >= 0.3 is 0 Å². The van der Waals surface area contributed by atoms with Gasteiger partial charge in [-0.25, -0.2) is 9.97 Å². The van der Waals surface area contributed by atoms with E-state index < -0.39 is 0 Å². The van der Waals surface area contributed by atoms with Gasteiger partial charge in [-0.3, -0.25) is 0 Å². The van der Waals surface area contributed by atoms with E-state index in [0.717, 1.165) is 65.5 Å². The molecule has 0 bridgehead atoms. The lowest BCUT2D eigenvalue weighted by Gasteiger charge is -2.10. The van der Waals surface area contributed by atoms with Crippen molar-refractivity contribution in [3.63, 3.8) is 0 Å². The summed E-state index contributed by atoms with van der Waals surface area (Å²) in [4.78, 5) is 10.7. The van der Waals surface area contributed by atoms with Crippen LogP contribution in [0.15, 0.2) is 186 Å². The zero-order valence-electron chi connectivity index (χ0n) is 29.0. The molecule has 0 spiro atoms. The van der Waals surface area contributed by atoms with E-state index in [1.54, 1.807) is 11.3 Å². The molecule has 0 aliphatic rings. The summed E-state index contributed by atoms with van der Waals surface area (Å²) in [7, 11) is 0. The first-order valence-electron chi connectivity index (χ1n) is 18.1. The highest BCUT2D eigenvalue weighted by Gasteiger charge is 2.20. The highest BCUT2D eigenvalue weighted by molar-refractivity contribution is 7.26. The van der Waals surface area contributed by atoms with Crippen LogP contribution in [0.4, 0.5) is 0 Å². The second-order valence-corrected chi connectivity index (χ2v) is 14.8. The van der Waals surface area contributed by atoms with Gasteiger partial charge in [-0.05, 0) is 80.6 Å². The zero-order valence-corrected chi connectivity index (χ0v) is 29.8. The van der Waals surface area contributed by atoms with Crippen LogP contribution in [-0.2, 0) is 0 Å². The minimum absolute atomic E-state index is 0.689. The molecule has 11 rings (SSSR count). The first-order valence-corrected chi connectivity index (χ1v) is 19.0. The summed E-state index contributed by atoms with van der Waals surface area (Å²) >= 11 is 1.76. The Hall–Kier alpha value is -6.88. The molecule has 54 heavy (non-hydrogen) atoms. The van der Waals surface area contributed by atoms with Crippen molar-refractivity contribution < 1.29 is 4.42 Å². The number of nitrogens with zero attached hydrogens (tertiary/aromatic N) is 2. The van der Waals surface area contributed by atoms with Crippen LogP contribution in [0.25, 0.3) is 109 Å². The average molecular weight is 707 g/mol. The molecule has 0 saturated heterocycles. The highest BCUT2D eigenvalue weighted by Crippen LogP contribution is 2.43. The molecule has 3 aromatic heterocycles. The Balaban J connectivity index is 1.05. The van der Waals surface area contributed by atoms with Crippen LogP contribution in [0, 0.1) is 0 Å². The summed E-state index contributed by atoms with van der Waals surface area (Å²) in [5, 5.41) is 5.59. The van der Waals surface area contributed by atoms with Gasteiger partial charge in [-0.1, -0.05) is 146 Å². The normalized spacial score (nSPS) is 11.7. The fraction of sp³-hybridized carbons (Fsp3) is 0. The molecular weight excluding hydrogens is 677 g/mol. The van der Waals surface area contributed by atoms with Crippen LogP contribution in [0.1, 0.15) is 0 Å². The maximum Gasteiger partial charge on any atom is 0.161 e. The SMILES string of the molecule is c1ccc(-c2ccc(-c3ccc4c(c3)oc3cccc(-c5nc(-c6ccc7cc(-c8ccccc8)ccc7c6)c6sc7ccccc7c6n5)c34)cc2)cc1. The molecule has 0 radical (unpaired) electrons. The number of rotatable bonds is 5. The number of furan rings is 1. The fourth-order valence-electron chi connectivity index (χ4n) is 7.79. The molecule has 0 aliphatic carbocycles. The monoisotopic (exact) mass is 706 g/mol. The van der Waals surface area contributed by atoms with Gasteiger partial charge in [0.2, 0.25) is 0 Å². The van der Waals surface area contributed by atoms with E-state index in [1.165, 1.54) is 37.7 Å². The van der Waals surface area contributed by atoms with Gasteiger partial charge in [0, 0.05) is 32.0 Å². The van der Waals surface area contributed by atoms with Crippen LogP contribution in [0.5, 0.6) is 0 Å². The van der Waals surface area contributed by atoms with Crippen LogP contribution >= 0.6 is 11.3 Å². The molecule has 0 amide bonds. The molecular formula is C50H30N2OS.